The largest absolute Gasteiger partial charge is 0.342 e. The Hall–Kier alpha value is -1.91. The molecule has 1 aromatic heterocycles. The first-order valence-electron chi connectivity index (χ1n) is 5.34. The van der Waals surface area contributed by atoms with Gasteiger partial charge in [0.25, 0.3) is 5.69 Å². The number of hydrogen-bond donors (Lipinski definition) is 1. The van der Waals surface area contributed by atoms with E-state index in [9.17, 15) is 10.1 Å². The number of fused-ring (bicyclic) bond motifs is 1. The number of unbranched alkanes of at least 4 members (excludes halogenated alkanes) is 1. The topological polar surface area (TPSA) is 71.8 Å². The van der Waals surface area contributed by atoms with E-state index in [2.05, 4.69) is 16.9 Å². The molecule has 0 aliphatic carbocycles. The van der Waals surface area contributed by atoms with Crippen LogP contribution in [0.25, 0.3) is 11.0 Å². The number of nitro benzene ring substituents is 1. The Morgan fingerprint density at radius 3 is 3.00 bits per heavy atom. The molecule has 0 unspecified atom stereocenters. The van der Waals surface area contributed by atoms with Crippen LogP contribution in [0.2, 0.25) is 0 Å². The minimum absolute atomic E-state index is 0.0662. The number of rotatable bonds is 4. The molecule has 2 rings (SSSR count). The molecule has 5 nitrogen and oxygen atoms in total. The Bertz CT molecular complexity index is 519. The molecule has 1 N–H and O–H groups in total. The molecule has 16 heavy (non-hydrogen) atoms. The molecule has 0 bridgehead atoms. The number of aryl methyl sites for hydroxylation is 1. The predicted octanol–water partition coefficient (Wildman–Crippen LogP) is 2.81. The highest BCUT2D eigenvalue weighted by Crippen LogP contribution is 2.23. The van der Waals surface area contributed by atoms with E-state index in [-0.39, 0.29) is 5.69 Å². The number of benzene rings is 1. The van der Waals surface area contributed by atoms with Crippen molar-refractivity contribution in [2.24, 2.45) is 0 Å². The van der Waals surface area contributed by atoms with Crippen LogP contribution in [-0.2, 0) is 6.42 Å². The molecule has 0 spiro atoms. The van der Waals surface area contributed by atoms with Gasteiger partial charge in [-0.2, -0.15) is 0 Å². The van der Waals surface area contributed by atoms with Crippen LogP contribution in [0.1, 0.15) is 25.6 Å². The summed E-state index contributed by atoms with van der Waals surface area (Å²) in [6, 6.07) is 4.96. The molecule has 2 aromatic rings. The van der Waals surface area contributed by atoms with Crippen molar-refractivity contribution in [1.82, 2.24) is 9.97 Å². The molecule has 0 saturated heterocycles. The van der Waals surface area contributed by atoms with Crippen molar-refractivity contribution >= 4 is 16.7 Å². The summed E-state index contributed by atoms with van der Waals surface area (Å²) in [6.45, 7) is 2.10. The Labute approximate surface area is 92.7 Å². The maximum atomic E-state index is 10.8. The first-order valence-corrected chi connectivity index (χ1v) is 5.34. The second-order valence-electron chi connectivity index (χ2n) is 3.72. The third-order valence-corrected chi connectivity index (χ3v) is 2.50. The van der Waals surface area contributed by atoms with Gasteiger partial charge in [0.15, 0.2) is 5.52 Å². The van der Waals surface area contributed by atoms with Crippen LogP contribution >= 0.6 is 0 Å². The summed E-state index contributed by atoms with van der Waals surface area (Å²) < 4.78 is 0. The van der Waals surface area contributed by atoms with Crippen molar-refractivity contribution < 1.29 is 4.92 Å². The number of H-pyrrole nitrogens is 1. The molecule has 0 radical (unpaired) electrons. The fourth-order valence-electron chi connectivity index (χ4n) is 1.68. The van der Waals surface area contributed by atoms with Gasteiger partial charge in [-0.1, -0.05) is 19.4 Å². The number of imidazole rings is 1. The second kappa shape index (κ2) is 4.30. The molecule has 1 heterocycles. The number of aromatic nitrogens is 2. The van der Waals surface area contributed by atoms with Crippen LogP contribution < -0.4 is 0 Å². The fourth-order valence-corrected chi connectivity index (χ4v) is 1.68. The van der Waals surface area contributed by atoms with Gasteiger partial charge in [-0.25, -0.2) is 4.98 Å². The number of nitrogens with one attached hydrogen (secondary N) is 1. The maximum absolute atomic E-state index is 10.8. The summed E-state index contributed by atoms with van der Waals surface area (Å²) in [5, 5.41) is 10.8. The van der Waals surface area contributed by atoms with E-state index >= 15 is 0 Å². The molecule has 0 aliphatic rings. The molecule has 0 saturated carbocycles. The molecule has 0 fully saturated rings. The Morgan fingerprint density at radius 2 is 2.31 bits per heavy atom. The lowest BCUT2D eigenvalue weighted by atomic mass is 10.2. The van der Waals surface area contributed by atoms with Gasteiger partial charge in [0.05, 0.1) is 10.4 Å². The molecule has 1 aromatic carbocycles. The standard InChI is InChI=1S/C11H13N3O2/c1-2-3-7-10-12-8-5-4-6-9(14(15)16)11(8)13-10/h4-6H,2-3,7H2,1H3,(H,12,13). The summed E-state index contributed by atoms with van der Waals surface area (Å²) in [5.74, 6) is 0.825. The van der Waals surface area contributed by atoms with E-state index in [0.29, 0.717) is 5.52 Å². The van der Waals surface area contributed by atoms with E-state index in [1.807, 2.05) is 6.07 Å². The Kier molecular flexibility index (Phi) is 2.85. The third-order valence-electron chi connectivity index (χ3n) is 2.50. The lowest BCUT2D eigenvalue weighted by molar-refractivity contribution is -0.383. The zero-order chi connectivity index (χ0) is 11.5. The average Bonchev–Trinajstić information content (AvgIpc) is 2.68. The number of non-ortho nitro benzene ring substituents is 1. The van der Waals surface area contributed by atoms with Crippen molar-refractivity contribution in [2.45, 2.75) is 26.2 Å². The van der Waals surface area contributed by atoms with Crippen molar-refractivity contribution in [3.05, 3.63) is 34.1 Å². The van der Waals surface area contributed by atoms with Gasteiger partial charge in [-0.05, 0) is 12.5 Å². The quantitative estimate of drug-likeness (QED) is 0.634. The van der Waals surface area contributed by atoms with Gasteiger partial charge >= 0.3 is 0 Å². The fraction of sp³-hybridized carbons (Fsp3) is 0.364. The molecule has 5 heteroatoms. The van der Waals surface area contributed by atoms with Gasteiger partial charge in [-0.15, -0.1) is 0 Å². The lowest BCUT2D eigenvalue weighted by Crippen LogP contribution is -1.89. The predicted molar refractivity (Wildman–Crippen MR) is 61.4 cm³/mol. The summed E-state index contributed by atoms with van der Waals surface area (Å²) in [6.07, 6.45) is 2.95. The highest BCUT2D eigenvalue weighted by molar-refractivity contribution is 5.84. The van der Waals surface area contributed by atoms with E-state index in [0.717, 1.165) is 30.6 Å². The van der Waals surface area contributed by atoms with Crippen LogP contribution in [0.3, 0.4) is 0 Å². The maximum Gasteiger partial charge on any atom is 0.297 e. The van der Waals surface area contributed by atoms with Crippen LogP contribution in [0.4, 0.5) is 5.69 Å². The van der Waals surface area contributed by atoms with Crippen LogP contribution in [0, 0.1) is 10.1 Å². The minimum Gasteiger partial charge on any atom is -0.342 e. The van der Waals surface area contributed by atoms with Gasteiger partial charge in [0.1, 0.15) is 5.82 Å². The molecule has 0 atom stereocenters. The third kappa shape index (κ3) is 1.88. The van der Waals surface area contributed by atoms with Crippen LogP contribution in [0.5, 0.6) is 0 Å². The van der Waals surface area contributed by atoms with Crippen molar-refractivity contribution in [2.75, 3.05) is 0 Å². The summed E-state index contributed by atoms with van der Waals surface area (Å²) >= 11 is 0. The molecule has 0 aliphatic heterocycles. The van der Waals surface area contributed by atoms with Gasteiger partial charge in [-0.3, -0.25) is 10.1 Å². The smallest absolute Gasteiger partial charge is 0.297 e. The summed E-state index contributed by atoms with van der Waals surface area (Å²) in [7, 11) is 0. The van der Waals surface area contributed by atoms with Crippen molar-refractivity contribution in [1.29, 1.82) is 0 Å². The van der Waals surface area contributed by atoms with E-state index < -0.39 is 4.92 Å². The first-order chi connectivity index (χ1) is 7.72. The average molecular weight is 219 g/mol. The Morgan fingerprint density at radius 1 is 1.50 bits per heavy atom. The highest BCUT2D eigenvalue weighted by Gasteiger charge is 2.14. The van der Waals surface area contributed by atoms with E-state index in [1.165, 1.54) is 6.07 Å². The zero-order valence-corrected chi connectivity index (χ0v) is 9.06. The monoisotopic (exact) mass is 219 g/mol. The lowest BCUT2D eigenvalue weighted by Gasteiger charge is -1.90. The van der Waals surface area contributed by atoms with Gasteiger partial charge in [0.2, 0.25) is 0 Å². The highest BCUT2D eigenvalue weighted by atomic mass is 16.6. The number of aromatic amines is 1. The van der Waals surface area contributed by atoms with E-state index in [4.69, 9.17) is 0 Å². The zero-order valence-electron chi connectivity index (χ0n) is 9.06. The summed E-state index contributed by atoms with van der Waals surface area (Å²) in [4.78, 5) is 17.8. The minimum atomic E-state index is -0.396. The number of nitro groups is 1. The second-order valence-corrected chi connectivity index (χ2v) is 3.72. The summed E-state index contributed by atoms with van der Waals surface area (Å²) in [5.41, 5.74) is 1.26. The van der Waals surface area contributed by atoms with Crippen molar-refractivity contribution in [3.8, 4) is 0 Å². The number of para-hydroxylation sites is 1. The molecule has 84 valence electrons. The van der Waals surface area contributed by atoms with Crippen molar-refractivity contribution in [3.63, 3.8) is 0 Å². The SMILES string of the molecule is CCCCc1nc2c([N+](=O)[O-])cccc2[nH]1. The number of hydrogen-bond acceptors (Lipinski definition) is 3. The Balaban J connectivity index is 2.44. The van der Waals surface area contributed by atoms with E-state index in [1.54, 1.807) is 6.07 Å². The first kappa shape index (κ1) is 10.6. The molecule has 0 amide bonds. The number of nitrogens with zero attached hydrogens (tertiary/aromatic N) is 2. The molecular formula is C11H13N3O2. The molecular weight excluding hydrogens is 206 g/mol. The van der Waals surface area contributed by atoms with Gasteiger partial charge in [0, 0.05) is 12.5 Å². The van der Waals surface area contributed by atoms with Crippen LogP contribution in [-0.4, -0.2) is 14.9 Å². The van der Waals surface area contributed by atoms with Gasteiger partial charge < -0.3 is 4.98 Å². The van der Waals surface area contributed by atoms with Crippen LogP contribution in [0.15, 0.2) is 18.2 Å². The normalized spacial score (nSPS) is 10.8.